The predicted molar refractivity (Wildman–Crippen MR) is 170 cm³/mol. The summed E-state index contributed by atoms with van der Waals surface area (Å²) >= 11 is 0. The van der Waals surface area contributed by atoms with E-state index in [1.54, 1.807) is 70.7 Å². The van der Waals surface area contributed by atoms with Crippen molar-refractivity contribution in [3.05, 3.63) is 65.5 Å². The van der Waals surface area contributed by atoms with E-state index in [2.05, 4.69) is 57.2 Å². The van der Waals surface area contributed by atoms with Gasteiger partial charge in [0.25, 0.3) is 17.7 Å². The Balaban J connectivity index is 1.34. The Labute approximate surface area is 248 Å². The summed E-state index contributed by atoms with van der Waals surface area (Å²) in [7, 11) is 6.86. The molecule has 2 aromatic carbocycles. The lowest BCUT2D eigenvalue weighted by molar-refractivity contribution is 0.0942. The summed E-state index contributed by atoms with van der Waals surface area (Å²) in [6.45, 7) is 1.85. The highest BCUT2D eigenvalue weighted by molar-refractivity contribution is 6.08. The van der Waals surface area contributed by atoms with Gasteiger partial charge in [0, 0.05) is 87.4 Å². The third-order valence-electron chi connectivity index (χ3n) is 6.58. The van der Waals surface area contributed by atoms with Crippen molar-refractivity contribution in [3.8, 4) is 0 Å². The monoisotopic (exact) mass is 587 g/mol. The van der Waals surface area contributed by atoms with E-state index in [1.807, 2.05) is 6.07 Å². The zero-order valence-corrected chi connectivity index (χ0v) is 24.6. The van der Waals surface area contributed by atoms with Crippen LogP contribution in [0.3, 0.4) is 0 Å². The van der Waals surface area contributed by atoms with Crippen molar-refractivity contribution in [1.82, 2.24) is 41.9 Å². The molecule has 14 heteroatoms. The first-order valence-corrected chi connectivity index (χ1v) is 13.7. The molecule has 2 aromatic heterocycles. The van der Waals surface area contributed by atoms with Gasteiger partial charge in [0.1, 0.15) is 11.4 Å². The van der Waals surface area contributed by atoms with Gasteiger partial charge < -0.3 is 47.2 Å². The van der Waals surface area contributed by atoms with Crippen LogP contribution in [0, 0.1) is 0 Å². The number of hydrogen-bond donors (Lipinski definition) is 9. The molecule has 4 aromatic rings. The molecule has 0 aliphatic rings. The topological polar surface area (TPSA) is 192 Å². The summed E-state index contributed by atoms with van der Waals surface area (Å²) < 4.78 is 0. The second-order valence-corrected chi connectivity index (χ2v) is 9.43. The normalized spacial score (nSPS) is 11.7. The minimum Gasteiger partial charge on any atom is -0.359 e. The van der Waals surface area contributed by atoms with E-state index in [-0.39, 0.29) is 17.7 Å². The summed E-state index contributed by atoms with van der Waals surface area (Å²) in [5.41, 5.74) is 3.36. The molecule has 0 radical (unpaired) electrons. The van der Waals surface area contributed by atoms with Gasteiger partial charge in [0.2, 0.25) is 0 Å². The Hall–Kier alpha value is -5.53. The largest absolute Gasteiger partial charge is 0.359 e. The number of aromatic nitrogens is 2. The van der Waals surface area contributed by atoms with Crippen molar-refractivity contribution in [3.63, 3.8) is 0 Å². The number of amides is 3. The lowest BCUT2D eigenvalue weighted by Gasteiger charge is -2.08. The second kappa shape index (κ2) is 14.4. The molecule has 0 unspecified atom stereocenters. The highest BCUT2D eigenvalue weighted by Crippen LogP contribution is 2.22. The SMILES string of the molecule is CN=C(NC)NCCNC(=O)c1cc2cc(NC(=O)c3ccc4[nH]c(C(=O)NCCNC(=NC)NC)cc4c3)ccc2[nH]1. The maximum atomic E-state index is 13.1. The first kappa shape index (κ1) is 30.4. The summed E-state index contributed by atoms with van der Waals surface area (Å²) in [5.74, 6) is 0.497. The van der Waals surface area contributed by atoms with Gasteiger partial charge in [-0.1, -0.05) is 0 Å². The molecule has 0 bridgehead atoms. The Morgan fingerprint density at radius 1 is 0.628 bits per heavy atom. The number of carbonyl (C=O) groups is 3. The minimum atomic E-state index is -0.296. The van der Waals surface area contributed by atoms with Gasteiger partial charge in [-0.2, -0.15) is 0 Å². The first-order chi connectivity index (χ1) is 20.8. The van der Waals surface area contributed by atoms with Crippen LogP contribution >= 0.6 is 0 Å². The first-order valence-electron chi connectivity index (χ1n) is 13.7. The van der Waals surface area contributed by atoms with Gasteiger partial charge in [0.15, 0.2) is 11.9 Å². The van der Waals surface area contributed by atoms with Crippen LogP contribution in [0.2, 0.25) is 0 Å². The number of benzene rings is 2. The molecule has 0 atom stereocenters. The zero-order chi connectivity index (χ0) is 30.8. The van der Waals surface area contributed by atoms with Gasteiger partial charge in [-0.05, 0) is 48.5 Å². The molecular formula is C29H37N11O3. The number of rotatable bonds is 10. The third kappa shape index (κ3) is 7.81. The van der Waals surface area contributed by atoms with Crippen molar-refractivity contribution >= 4 is 57.1 Å². The van der Waals surface area contributed by atoms with Crippen molar-refractivity contribution in [2.75, 3.05) is 59.7 Å². The number of guanidine groups is 2. The number of aliphatic imine (C=N–C) groups is 2. The molecule has 9 N–H and O–H groups in total. The predicted octanol–water partition coefficient (Wildman–Crippen LogP) is 0.951. The fourth-order valence-corrected chi connectivity index (χ4v) is 4.40. The van der Waals surface area contributed by atoms with Crippen molar-refractivity contribution in [2.45, 2.75) is 0 Å². The van der Waals surface area contributed by atoms with Gasteiger partial charge in [0.05, 0.1) is 0 Å². The molecule has 43 heavy (non-hydrogen) atoms. The van der Waals surface area contributed by atoms with E-state index in [1.165, 1.54) is 0 Å². The van der Waals surface area contributed by atoms with E-state index in [4.69, 9.17) is 0 Å². The van der Waals surface area contributed by atoms with E-state index in [9.17, 15) is 14.4 Å². The average Bonchev–Trinajstić information content (AvgIpc) is 3.65. The van der Waals surface area contributed by atoms with E-state index in [0.29, 0.717) is 60.7 Å². The standard InChI is InChI=1S/C29H37N11O3/c1-30-28(31-2)36-11-9-34-26(42)23-15-18-13-17(5-7-21(18)39-23)25(41)38-20-6-8-22-19(14-20)16-24(40-22)27(43)35-10-12-37-29(32-3)33-4/h5-8,13-16,39-40H,9-12H2,1-4H3,(H,34,42)(H,35,43)(H,38,41)(H2,30,31,36)(H2,32,33,37). The molecule has 0 spiro atoms. The zero-order valence-electron chi connectivity index (χ0n) is 24.6. The molecule has 226 valence electrons. The number of hydrogen-bond acceptors (Lipinski definition) is 5. The van der Waals surface area contributed by atoms with Crippen LogP contribution in [0.15, 0.2) is 58.5 Å². The van der Waals surface area contributed by atoms with E-state index < -0.39 is 0 Å². The molecule has 0 aliphatic carbocycles. The molecule has 0 fully saturated rings. The smallest absolute Gasteiger partial charge is 0.267 e. The lowest BCUT2D eigenvalue weighted by atomic mass is 10.1. The van der Waals surface area contributed by atoms with Crippen molar-refractivity contribution in [1.29, 1.82) is 0 Å². The summed E-state index contributed by atoms with van der Waals surface area (Å²) in [5, 5.41) is 22.1. The Morgan fingerprint density at radius 3 is 1.63 bits per heavy atom. The van der Waals surface area contributed by atoms with Crippen LogP contribution < -0.4 is 37.2 Å². The quantitative estimate of drug-likeness (QED) is 0.0749. The number of aromatic amines is 2. The number of carbonyl (C=O) groups excluding carboxylic acids is 3. The van der Waals surface area contributed by atoms with Crippen molar-refractivity contribution in [2.24, 2.45) is 9.98 Å². The third-order valence-corrected chi connectivity index (χ3v) is 6.58. The Morgan fingerprint density at radius 2 is 1.12 bits per heavy atom. The van der Waals surface area contributed by atoms with Gasteiger partial charge in [-0.3, -0.25) is 24.4 Å². The van der Waals surface area contributed by atoms with Crippen LogP contribution in [0.4, 0.5) is 5.69 Å². The van der Waals surface area contributed by atoms with Crippen LogP contribution in [-0.4, -0.2) is 94.0 Å². The van der Waals surface area contributed by atoms with Crippen molar-refractivity contribution < 1.29 is 14.4 Å². The van der Waals surface area contributed by atoms with E-state index in [0.717, 1.165) is 21.8 Å². The Bertz CT molecular complexity index is 1670. The van der Waals surface area contributed by atoms with E-state index >= 15 is 0 Å². The number of nitrogens with one attached hydrogen (secondary N) is 9. The average molecular weight is 588 g/mol. The molecule has 4 rings (SSSR count). The summed E-state index contributed by atoms with van der Waals surface area (Å²) in [6, 6.07) is 14.0. The molecule has 2 heterocycles. The summed E-state index contributed by atoms with van der Waals surface area (Å²) in [6.07, 6.45) is 0. The fourth-order valence-electron chi connectivity index (χ4n) is 4.40. The van der Waals surface area contributed by atoms with Crippen LogP contribution in [0.25, 0.3) is 21.8 Å². The molecule has 0 saturated heterocycles. The van der Waals surface area contributed by atoms with Crippen LogP contribution in [0.1, 0.15) is 31.3 Å². The number of anilines is 1. The van der Waals surface area contributed by atoms with Gasteiger partial charge >= 0.3 is 0 Å². The van der Waals surface area contributed by atoms with Crippen LogP contribution in [-0.2, 0) is 0 Å². The maximum Gasteiger partial charge on any atom is 0.267 e. The lowest BCUT2D eigenvalue weighted by Crippen LogP contribution is -2.40. The summed E-state index contributed by atoms with van der Waals surface area (Å²) in [4.78, 5) is 52.5. The maximum absolute atomic E-state index is 13.1. The molecule has 0 aliphatic heterocycles. The fraction of sp³-hybridized carbons (Fsp3) is 0.276. The number of H-pyrrole nitrogens is 2. The number of fused-ring (bicyclic) bond motifs is 2. The highest BCUT2D eigenvalue weighted by Gasteiger charge is 2.14. The minimum absolute atomic E-state index is 0.235. The molecule has 3 amide bonds. The van der Waals surface area contributed by atoms with Gasteiger partial charge in [-0.15, -0.1) is 0 Å². The molecular weight excluding hydrogens is 550 g/mol. The second-order valence-electron chi connectivity index (χ2n) is 9.43. The molecule has 14 nitrogen and oxygen atoms in total. The van der Waals surface area contributed by atoms with Crippen LogP contribution in [0.5, 0.6) is 0 Å². The highest BCUT2D eigenvalue weighted by atomic mass is 16.2. The Kier molecular flexibility index (Phi) is 10.2. The number of nitrogens with zero attached hydrogens (tertiary/aromatic N) is 2. The van der Waals surface area contributed by atoms with Gasteiger partial charge in [-0.25, -0.2) is 0 Å². The molecule has 0 saturated carbocycles.